The van der Waals surface area contributed by atoms with Gasteiger partial charge in [0.1, 0.15) is 0 Å². The topological polar surface area (TPSA) is 37.4 Å². The normalized spacial score (nSPS) is 19.9. The number of halogens is 1. The number of allylic oxidation sites excluding steroid dienone is 4. The summed E-state index contributed by atoms with van der Waals surface area (Å²) >= 11 is 3.51. The van der Waals surface area contributed by atoms with Gasteiger partial charge in [0.2, 0.25) is 0 Å². The summed E-state index contributed by atoms with van der Waals surface area (Å²) in [7, 11) is 0. The van der Waals surface area contributed by atoms with Crippen molar-refractivity contribution in [2.24, 2.45) is 0 Å². The second kappa shape index (κ2) is 7.66. The van der Waals surface area contributed by atoms with Crippen LogP contribution in [0.5, 0.6) is 0 Å². The molecule has 152 valence electrons. The standard InChI is InChI=1S/C26H24BrNO2/c1-16-8-14-19(15-9-16)28-20-4-2-6-22(29)25(20)24(17-10-12-18(27)13-11-17)26-21(28)5-3-7-23(26)30/h8-15,24H,2-7H2,1H3. The quantitative estimate of drug-likeness (QED) is 0.520. The van der Waals surface area contributed by atoms with Crippen LogP contribution in [0, 0.1) is 6.92 Å². The van der Waals surface area contributed by atoms with Crippen LogP contribution in [0.25, 0.3) is 0 Å². The second-order valence-corrected chi connectivity index (χ2v) is 9.35. The van der Waals surface area contributed by atoms with Crippen molar-refractivity contribution in [1.29, 1.82) is 0 Å². The molecule has 0 amide bonds. The van der Waals surface area contributed by atoms with Crippen molar-refractivity contribution in [2.75, 3.05) is 4.90 Å². The predicted octanol–water partition coefficient (Wildman–Crippen LogP) is 6.38. The molecule has 0 saturated heterocycles. The number of nitrogens with zero attached hydrogens (tertiary/aromatic N) is 1. The first kappa shape index (κ1) is 19.5. The van der Waals surface area contributed by atoms with Crippen LogP contribution in [-0.2, 0) is 9.59 Å². The van der Waals surface area contributed by atoms with E-state index in [0.717, 1.165) is 63.9 Å². The third-order valence-corrected chi connectivity index (χ3v) is 7.00. The van der Waals surface area contributed by atoms with Crippen molar-refractivity contribution < 1.29 is 9.59 Å². The summed E-state index contributed by atoms with van der Waals surface area (Å²) in [6.07, 6.45) is 4.59. The van der Waals surface area contributed by atoms with E-state index in [9.17, 15) is 9.59 Å². The Morgan fingerprint density at radius 3 is 1.83 bits per heavy atom. The molecule has 0 unspecified atom stereocenters. The van der Waals surface area contributed by atoms with Gasteiger partial charge in [-0.3, -0.25) is 9.59 Å². The lowest BCUT2D eigenvalue weighted by atomic mass is 9.71. The van der Waals surface area contributed by atoms with Crippen molar-refractivity contribution in [3.63, 3.8) is 0 Å². The zero-order chi connectivity index (χ0) is 20.8. The predicted molar refractivity (Wildman–Crippen MR) is 122 cm³/mol. The maximum Gasteiger partial charge on any atom is 0.161 e. The smallest absolute Gasteiger partial charge is 0.161 e. The molecule has 0 N–H and O–H groups in total. The molecule has 1 heterocycles. The number of ketones is 2. The minimum atomic E-state index is -0.245. The van der Waals surface area contributed by atoms with Crippen molar-refractivity contribution in [1.82, 2.24) is 0 Å². The van der Waals surface area contributed by atoms with Gasteiger partial charge >= 0.3 is 0 Å². The summed E-state index contributed by atoms with van der Waals surface area (Å²) in [4.78, 5) is 28.8. The third kappa shape index (κ3) is 3.18. The Hall–Kier alpha value is -2.46. The van der Waals surface area contributed by atoms with Gasteiger partial charge in [-0.25, -0.2) is 0 Å². The summed E-state index contributed by atoms with van der Waals surface area (Å²) in [6, 6.07) is 16.5. The molecule has 30 heavy (non-hydrogen) atoms. The molecule has 4 heteroatoms. The van der Waals surface area contributed by atoms with Crippen LogP contribution in [0.3, 0.4) is 0 Å². The van der Waals surface area contributed by atoms with E-state index in [1.807, 2.05) is 12.1 Å². The molecule has 2 aromatic rings. The highest BCUT2D eigenvalue weighted by molar-refractivity contribution is 9.10. The van der Waals surface area contributed by atoms with Crippen molar-refractivity contribution in [3.05, 3.63) is 86.7 Å². The average Bonchev–Trinajstić information content (AvgIpc) is 2.74. The van der Waals surface area contributed by atoms with Gasteiger partial charge in [0, 0.05) is 51.5 Å². The molecule has 0 aromatic heterocycles. The lowest BCUT2D eigenvalue weighted by Crippen LogP contribution is -2.39. The maximum absolute atomic E-state index is 13.3. The summed E-state index contributed by atoms with van der Waals surface area (Å²) in [6.45, 7) is 2.08. The maximum atomic E-state index is 13.3. The molecule has 0 bridgehead atoms. The highest BCUT2D eigenvalue weighted by Crippen LogP contribution is 2.50. The minimum Gasteiger partial charge on any atom is -0.317 e. The zero-order valence-electron chi connectivity index (χ0n) is 17.1. The Kier molecular flexibility index (Phi) is 4.98. The number of benzene rings is 2. The number of hydrogen-bond acceptors (Lipinski definition) is 3. The summed E-state index contributed by atoms with van der Waals surface area (Å²) < 4.78 is 0.997. The van der Waals surface area contributed by atoms with E-state index in [2.05, 4.69) is 64.2 Å². The number of carbonyl (C=O) groups excluding carboxylic acids is 2. The molecule has 2 aliphatic carbocycles. The second-order valence-electron chi connectivity index (χ2n) is 8.43. The van der Waals surface area contributed by atoms with Crippen molar-refractivity contribution >= 4 is 33.2 Å². The SMILES string of the molecule is Cc1ccc(N2C3=C(C(=O)CCC3)C(c3ccc(Br)cc3)C3=C2CCCC3=O)cc1. The molecule has 0 saturated carbocycles. The minimum absolute atomic E-state index is 0.186. The van der Waals surface area contributed by atoms with Gasteiger partial charge in [0.15, 0.2) is 11.6 Å². The Bertz CT molecular complexity index is 1050. The fourth-order valence-electron chi connectivity index (χ4n) is 5.11. The summed E-state index contributed by atoms with van der Waals surface area (Å²) in [5, 5.41) is 0. The largest absolute Gasteiger partial charge is 0.317 e. The van der Waals surface area contributed by atoms with Gasteiger partial charge in [0.05, 0.1) is 0 Å². The van der Waals surface area contributed by atoms with E-state index >= 15 is 0 Å². The van der Waals surface area contributed by atoms with Gasteiger partial charge in [-0.1, -0.05) is 45.8 Å². The molecular formula is C26H24BrNO2. The van der Waals surface area contributed by atoms with E-state index in [4.69, 9.17) is 0 Å². The van der Waals surface area contributed by atoms with Crippen molar-refractivity contribution in [3.8, 4) is 0 Å². The number of Topliss-reactive ketones (excluding diaryl/α,β-unsaturated/α-hetero) is 2. The van der Waals surface area contributed by atoms with E-state index in [1.165, 1.54) is 5.56 Å². The molecule has 0 fully saturated rings. The van der Waals surface area contributed by atoms with Crippen LogP contribution in [-0.4, -0.2) is 11.6 Å². The van der Waals surface area contributed by atoms with Crippen LogP contribution < -0.4 is 4.90 Å². The molecule has 0 atom stereocenters. The van der Waals surface area contributed by atoms with E-state index in [1.54, 1.807) is 0 Å². The number of rotatable bonds is 2. The Morgan fingerprint density at radius 1 is 0.767 bits per heavy atom. The van der Waals surface area contributed by atoms with Gasteiger partial charge in [-0.05, 0) is 62.4 Å². The summed E-state index contributed by atoms with van der Waals surface area (Å²) in [5.74, 6) is 0.128. The van der Waals surface area contributed by atoms with Gasteiger partial charge < -0.3 is 4.90 Å². The number of anilines is 1. The summed E-state index contributed by atoms with van der Waals surface area (Å²) in [5.41, 5.74) is 7.14. The number of hydrogen-bond donors (Lipinski definition) is 0. The average molecular weight is 462 g/mol. The molecule has 0 radical (unpaired) electrons. The van der Waals surface area contributed by atoms with Crippen molar-refractivity contribution in [2.45, 2.75) is 51.4 Å². The van der Waals surface area contributed by atoms with Crippen LogP contribution in [0.4, 0.5) is 5.69 Å². The molecule has 1 aliphatic heterocycles. The third-order valence-electron chi connectivity index (χ3n) is 6.47. The Balaban J connectivity index is 1.77. The fraction of sp³-hybridized carbons (Fsp3) is 0.308. The van der Waals surface area contributed by atoms with Gasteiger partial charge in [-0.2, -0.15) is 0 Å². The first-order valence-electron chi connectivity index (χ1n) is 10.7. The Morgan fingerprint density at radius 2 is 1.30 bits per heavy atom. The van der Waals surface area contributed by atoms with Crippen LogP contribution >= 0.6 is 15.9 Å². The Labute approximate surface area is 185 Å². The van der Waals surface area contributed by atoms with Gasteiger partial charge in [0.25, 0.3) is 0 Å². The van der Waals surface area contributed by atoms with Gasteiger partial charge in [-0.15, -0.1) is 0 Å². The molecule has 2 aromatic carbocycles. The first-order chi connectivity index (χ1) is 14.5. The zero-order valence-corrected chi connectivity index (χ0v) is 18.7. The van der Waals surface area contributed by atoms with Crippen LogP contribution in [0.2, 0.25) is 0 Å². The fourth-order valence-corrected chi connectivity index (χ4v) is 5.38. The lowest BCUT2D eigenvalue weighted by molar-refractivity contribution is -0.116. The van der Waals surface area contributed by atoms with E-state index in [0.29, 0.717) is 12.8 Å². The highest BCUT2D eigenvalue weighted by Gasteiger charge is 2.43. The first-order valence-corrected chi connectivity index (χ1v) is 11.5. The molecule has 3 nitrogen and oxygen atoms in total. The van der Waals surface area contributed by atoms with E-state index in [-0.39, 0.29) is 17.5 Å². The van der Waals surface area contributed by atoms with E-state index < -0.39 is 0 Å². The monoisotopic (exact) mass is 461 g/mol. The van der Waals surface area contributed by atoms with Crippen LogP contribution in [0.15, 0.2) is 75.5 Å². The molecule has 0 spiro atoms. The number of aryl methyl sites for hydroxylation is 1. The highest BCUT2D eigenvalue weighted by atomic mass is 79.9. The molecular weight excluding hydrogens is 438 g/mol. The molecule has 3 aliphatic rings. The number of carbonyl (C=O) groups is 2. The van der Waals surface area contributed by atoms with Crippen LogP contribution in [0.1, 0.15) is 55.6 Å². The molecule has 5 rings (SSSR count). The lowest BCUT2D eigenvalue weighted by Gasteiger charge is -2.44.